The fraction of sp³-hybridized carbons (Fsp3) is 0.529. The van der Waals surface area contributed by atoms with Gasteiger partial charge < -0.3 is 10.1 Å². The minimum Gasteiger partial charge on any atom is -0.493 e. The number of rotatable bonds is 8. The normalized spacial score (nSPS) is 13.3. The van der Waals surface area contributed by atoms with Gasteiger partial charge in [-0.25, -0.2) is 0 Å². The van der Waals surface area contributed by atoms with Crippen molar-refractivity contribution in [3.63, 3.8) is 0 Å². The molecule has 0 aliphatic carbocycles. The first-order chi connectivity index (χ1) is 9.58. The minimum atomic E-state index is 0.382. The predicted molar refractivity (Wildman–Crippen MR) is 91.3 cm³/mol. The molecule has 3 heteroatoms. The van der Waals surface area contributed by atoms with E-state index in [1.807, 2.05) is 12.1 Å². The number of hydrogen-bond donors (Lipinski definition) is 1. The van der Waals surface area contributed by atoms with E-state index in [1.165, 1.54) is 5.57 Å². The van der Waals surface area contributed by atoms with Crippen LogP contribution in [0.3, 0.4) is 0 Å². The summed E-state index contributed by atoms with van der Waals surface area (Å²) in [6.45, 7) is 10.5. The zero-order chi connectivity index (χ0) is 15.0. The van der Waals surface area contributed by atoms with Crippen molar-refractivity contribution in [3.05, 3.63) is 33.8 Å². The van der Waals surface area contributed by atoms with E-state index >= 15 is 0 Å². The fourth-order valence-electron chi connectivity index (χ4n) is 1.87. The summed E-state index contributed by atoms with van der Waals surface area (Å²) in [5.74, 6) is 0.956. The first kappa shape index (κ1) is 17.3. The molecular formula is C17H26BrNO. The van der Waals surface area contributed by atoms with Gasteiger partial charge in [0, 0.05) is 16.1 Å². The summed E-state index contributed by atoms with van der Waals surface area (Å²) >= 11 is 3.53. The second-order valence-corrected chi connectivity index (χ2v) is 6.01. The highest BCUT2D eigenvalue weighted by Crippen LogP contribution is 2.26. The molecule has 1 unspecified atom stereocenters. The highest BCUT2D eigenvalue weighted by molar-refractivity contribution is 9.10. The van der Waals surface area contributed by atoms with Gasteiger partial charge >= 0.3 is 0 Å². The quantitative estimate of drug-likeness (QED) is 0.717. The summed E-state index contributed by atoms with van der Waals surface area (Å²) in [7, 11) is 0. The van der Waals surface area contributed by atoms with E-state index in [4.69, 9.17) is 4.74 Å². The van der Waals surface area contributed by atoms with Gasteiger partial charge in [-0.05, 0) is 51.4 Å². The van der Waals surface area contributed by atoms with Crippen LogP contribution in [0.15, 0.2) is 28.2 Å². The third-order valence-corrected chi connectivity index (χ3v) is 3.69. The van der Waals surface area contributed by atoms with Crippen LogP contribution in [0, 0.1) is 0 Å². The van der Waals surface area contributed by atoms with E-state index in [9.17, 15) is 0 Å². The van der Waals surface area contributed by atoms with Crippen LogP contribution >= 0.6 is 15.9 Å². The van der Waals surface area contributed by atoms with Crippen molar-refractivity contribution in [1.82, 2.24) is 5.32 Å². The zero-order valence-corrected chi connectivity index (χ0v) is 14.6. The molecule has 0 radical (unpaired) electrons. The van der Waals surface area contributed by atoms with Gasteiger partial charge in [-0.2, -0.15) is 0 Å². The van der Waals surface area contributed by atoms with Gasteiger partial charge in [-0.15, -0.1) is 0 Å². The molecule has 1 N–H and O–H groups in total. The Labute approximate surface area is 131 Å². The molecule has 0 fully saturated rings. The third-order valence-electron chi connectivity index (χ3n) is 3.20. The molecule has 0 heterocycles. The number of ether oxygens (including phenoxy) is 1. The van der Waals surface area contributed by atoms with Gasteiger partial charge in [0.05, 0.1) is 6.61 Å². The van der Waals surface area contributed by atoms with Crippen LogP contribution in [0.4, 0.5) is 0 Å². The monoisotopic (exact) mass is 339 g/mol. The van der Waals surface area contributed by atoms with Gasteiger partial charge in [0.15, 0.2) is 0 Å². The Morgan fingerprint density at radius 3 is 2.75 bits per heavy atom. The van der Waals surface area contributed by atoms with Crippen molar-refractivity contribution in [2.75, 3.05) is 13.2 Å². The van der Waals surface area contributed by atoms with Gasteiger partial charge in [-0.3, -0.25) is 0 Å². The van der Waals surface area contributed by atoms with Crippen LogP contribution in [0.2, 0.25) is 0 Å². The molecule has 0 saturated carbocycles. The van der Waals surface area contributed by atoms with Crippen molar-refractivity contribution >= 4 is 22.0 Å². The van der Waals surface area contributed by atoms with Crippen molar-refractivity contribution in [2.24, 2.45) is 0 Å². The average Bonchev–Trinajstić information content (AvgIpc) is 2.43. The van der Waals surface area contributed by atoms with Crippen LogP contribution in [-0.2, 0) is 0 Å². The summed E-state index contributed by atoms with van der Waals surface area (Å²) in [6.07, 6.45) is 4.38. The smallest absolute Gasteiger partial charge is 0.126 e. The SMILES string of the molecule is CCCNC(C)/C(C)=C/c1cc(Br)ccc1OCCC. The molecule has 0 amide bonds. The van der Waals surface area contributed by atoms with Gasteiger partial charge in [0.1, 0.15) is 5.75 Å². The summed E-state index contributed by atoms with van der Waals surface area (Å²) in [6, 6.07) is 6.55. The predicted octanol–water partition coefficient (Wildman–Crippen LogP) is 5.03. The van der Waals surface area contributed by atoms with Crippen LogP contribution in [0.1, 0.15) is 46.1 Å². The van der Waals surface area contributed by atoms with Gasteiger partial charge in [-0.1, -0.05) is 41.4 Å². The second kappa shape index (κ2) is 9.19. The Morgan fingerprint density at radius 1 is 1.35 bits per heavy atom. The summed E-state index contributed by atoms with van der Waals surface area (Å²) in [4.78, 5) is 0. The van der Waals surface area contributed by atoms with Crippen LogP contribution in [0.25, 0.3) is 6.08 Å². The Bertz CT molecular complexity index is 443. The molecule has 2 nitrogen and oxygen atoms in total. The van der Waals surface area contributed by atoms with E-state index in [1.54, 1.807) is 0 Å². The molecule has 20 heavy (non-hydrogen) atoms. The minimum absolute atomic E-state index is 0.382. The van der Waals surface area contributed by atoms with Crippen LogP contribution < -0.4 is 10.1 Å². The van der Waals surface area contributed by atoms with Crippen LogP contribution in [0.5, 0.6) is 5.75 Å². The maximum atomic E-state index is 5.82. The van der Waals surface area contributed by atoms with E-state index in [0.717, 1.165) is 41.8 Å². The summed E-state index contributed by atoms with van der Waals surface area (Å²) in [5.41, 5.74) is 2.45. The molecule has 1 aromatic rings. The highest BCUT2D eigenvalue weighted by Gasteiger charge is 2.06. The van der Waals surface area contributed by atoms with Crippen molar-refractivity contribution < 1.29 is 4.74 Å². The van der Waals surface area contributed by atoms with Crippen molar-refractivity contribution in [2.45, 2.75) is 46.6 Å². The van der Waals surface area contributed by atoms with E-state index < -0.39 is 0 Å². The average molecular weight is 340 g/mol. The molecule has 1 atom stereocenters. The first-order valence-corrected chi connectivity index (χ1v) is 8.21. The number of benzene rings is 1. The topological polar surface area (TPSA) is 21.3 Å². The summed E-state index contributed by atoms with van der Waals surface area (Å²) in [5, 5.41) is 3.51. The molecule has 0 spiro atoms. The Balaban J connectivity index is 2.90. The van der Waals surface area contributed by atoms with E-state index in [-0.39, 0.29) is 0 Å². The van der Waals surface area contributed by atoms with Crippen molar-refractivity contribution in [3.8, 4) is 5.75 Å². The molecule has 1 aromatic carbocycles. The van der Waals surface area contributed by atoms with Gasteiger partial charge in [0.25, 0.3) is 0 Å². The lowest BCUT2D eigenvalue weighted by molar-refractivity contribution is 0.316. The largest absolute Gasteiger partial charge is 0.493 e. The molecule has 0 aromatic heterocycles. The van der Waals surface area contributed by atoms with E-state index in [2.05, 4.69) is 61.1 Å². The van der Waals surface area contributed by atoms with Crippen molar-refractivity contribution in [1.29, 1.82) is 0 Å². The highest BCUT2D eigenvalue weighted by atomic mass is 79.9. The summed E-state index contributed by atoms with van der Waals surface area (Å²) < 4.78 is 6.90. The third kappa shape index (κ3) is 5.68. The zero-order valence-electron chi connectivity index (χ0n) is 13.0. The lowest BCUT2D eigenvalue weighted by Gasteiger charge is -2.15. The Morgan fingerprint density at radius 2 is 2.10 bits per heavy atom. The number of hydrogen-bond acceptors (Lipinski definition) is 2. The van der Waals surface area contributed by atoms with Crippen LogP contribution in [-0.4, -0.2) is 19.2 Å². The maximum Gasteiger partial charge on any atom is 0.126 e. The Hall–Kier alpha value is -0.800. The lowest BCUT2D eigenvalue weighted by atomic mass is 10.1. The fourth-order valence-corrected chi connectivity index (χ4v) is 2.25. The standard InChI is InChI=1S/C17H26BrNO/c1-5-9-19-14(4)13(3)11-15-12-16(18)7-8-17(15)20-10-6-2/h7-8,11-12,14,19H,5-6,9-10H2,1-4H3/b13-11+. The Kier molecular flexibility index (Phi) is 7.93. The molecule has 0 saturated heterocycles. The number of halogens is 1. The first-order valence-electron chi connectivity index (χ1n) is 7.42. The second-order valence-electron chi connectivity index (χ2n) is 5.09. The lowest BCUT2D eigenvalue weighted by Crippen LogP contribution is -2.27. The molecule has 0 aliphatic rings. The number of nitrogens with one attached hydrogen (secondary N) is 1. The van der Waals surface area contributed by atoms with E-state index in [0.29, 0.717) is 6.04 Å². The molecule has 0 bridgehead atoms. The molecular weight excluding hydrogens is 314 g/mol. The maximum absolute atomic E-state index is 5.82. The molecule has 1 rings (SSSR count). The molecule has 112 valence electrons. The molecule has 0 aliphatic heterocycles. The van der Waals surface area contributed by atoms with Gasteiger partial charge in [0.2, 0.25) is 0 Å².